The number of hydrogen-bond acceptors (Lipinski definition) is 6. The maximum absolute atomic E-state index is 13.7. The van der Waals surface area contributed by atoms with E-state index in [0.717, 1.165) is 0 Å². The Hall–Kier alpha value is -1.77. The van der Waals surface area contributed by atoms with Crippen LogP contribution in [0, 0.1) is 11.8 Å². The van der Waals surface area contributed by atoms with E-state index < -0.39 is 33.4 Å². The van der Waals surface area contributed by atoms with Gasteiger partial charge < -0.3 is 20.1 Å². The highest BCUT2D eigenvalue weighted by atomic mass is 35.5. The molecule has 168 valence electrons. The summed E-state index contributed by atoms with van der Waals surface area (Å²) < 4.78 is 4.12. The van der Waals surface area contributed by atoms with E-state index in [2.05, 4.69) is 5.32 Å². The maximum Gasteiger partial charge on any atom is 0.311 e. The highest BCUT2D eigenvalue weighted by Crippen LogP contribution is 2.71. The van der Waals surface area contributed by atoms with Gasteiger partial charge >= 0.3 is 5.97 Å². The number of fused-ring (bicyclic) bond motifs is 1. The van der Waals surface area contributed by atoms with Crippen LogP contribution in [0.5, 0.6) is 0 Å². The summed E-state index contributed by atoms with van der Waals surface area (Å²) in [6.07, 6.45) is 1.35. The Morgan fingerprint density at radius 2 is 2.10 bits per heavy atom. The average molecular weight is 467 g/mol. The molecule has 3 aliphatic heterocycles. The molecule has 1 aromatic rings. The Balaban J connectivity index is 1.76. The number of likely N-dealkylation sites (tertiary alicyclic amines) is 1. The molecular formula is C22H27ClN2O5S. The molecular weight excluding hydrogens is 440 g/mol. The largest absolute Gasteiger partial charge is 0.466 e. The molecule has 0 aliphatic carbocycles. The van der Waals surface area contributed by atoms with Gasteiger partial charge in [-0.25, -0.2) is 0 Å². The number of aliphatic hydroxyl groups excluding tert-OH is 1. The van der Waals surface area contributed by atoms with Crippen molar-refractivity contribution >= 4 is 46.8 Å². The van der Waals surface area contributed by atoms with E-state index in [9.17, 15) is 19.5 Å². The fraction of sp³-hybridized carbons (Fsp3) is 0.591. The molecule has 2 unspecified atom stereocenters. The molecule has 4 rings (SSSR count). The van der Waals surface area contributed by atoms with Crippen LogP contribution in [-0.4, -0.2) is 62.6 Å². The maximum atomic E-state index is 13.7. The lowest BCUT2D eigenvalue weighted by Crippen LogP contribution is -2.54. The van der Waals surface area contributed by atoms with E-state index in [0.29, 0.717) is 23.6 Å². The van der Waals surface area contributed by atoms with E-state index in [1.54, 1.807) is 49.9 Å². The van der Waals surface area contributed by atoms with Crippen molar-refractivity contribution < 1.29 is 24.2 Å². The molecule has 2 N–H and O–H groups in total. The number of esters is 1. The number of nitrogens with zero attached hydrogens (tertiary/aromatic N) is 1. The van der Waals surface area contributed by atoms with Gasteiger partial charge in [0.2, 0.25) is 11.8 Å². The minimum Gasteiger partial charge on any atom is -0.466 e. The molecule has 2 bridgehead atoms. The molecule has 3 fully saturated rings. The summed E-state index contributed by atoms with van der Waals surface area (Å²) in [7, 11) is 0. The Labute approximate surface area is 190 Å². The van der Waals surface area contributed by atoms with Crippen molar-refractivity contribution in [3.05, 3.63) is 29.3 Å². The molecule has 3 saturated heterocycles. The molecule has 1 aromatic carbocycles. The molecule has 0 radical (unpaired) electrons. The van der Waals surface area contributed by atoms with Crippen LogP contribution in [0.4, 0.5) is 5.69 Å². The van der Waals surface area contributed by atoms with Crippen LogP contribution in [0.15, 0.2) is 24.3 Å². The predicted octanol–water partition coefficient (Wildman–Crippen LogP) is 2.70. The van der Waals surface area contributed by atoms with Gasteiger partial charge in [-0.05, 0) is 45.7 Å². The van der Waals surface area contributed by atoms with Gasteiger partial charge in [-0.1, -0.05) is 23.7 Å². The third-order valence-corrected chi connectivity index (χ3v) is 9.19. The third-order valence-electron chi connectivity index (χ3n) is 6.87. The number of nitrogens with one attached hydrogen (secondary N) is 1. The van der Waals surface area contributed by atoms with Crippen LogP contribution < -0.4 is 5.32 Å². The van der Waals surface area contributed by atoms with Gasteiger partial charge in [-0.15, -0.1) is 11.8 Å². The zero-order valence-electron chi connectivity index (χ0n) is 17.8. The van der Waals surface area contributed by atoms with E-state index in [4.69, 9.17) is 16.3 Å². The quantitative estimate of drug-likeness (QED) is 0.626. The third kappa shape index (κ3) is 3.26. The van der Waals surface area contributed by atoms with E-state index in [1.165, 1.54) is 4.90 Å². The summed E-state index contributed by atoms with van der Waals surface area (Å²) in [4.78, 5) is 41.6. The van der Waals surface area contributed by atoms with Crippen molar-refractivity contribution in [2.24, 2.45) is 11.8 Å². The molecule has 3 heterocycles. The van der Waals surface area contributed by atoms with Crippen molar-refractivity contribution in [2.45, 2.75) is 55.2 Å². The van der Waals surface area contributed by atoms with Crippen LogP contribution in [0.1, 0.15) is 33.6 Å². The lowest BCUT2D eigenvalue weighted by atomic mass is 9.66. The number of carbonyl (C=O) groups is 3. The van der Waals surface area contributed by atoms with Crippen molar-refractivity contribution in [1.29, 1.82) is 0 Å². The van der Waals surface area contributed by atoms with Crippen molar-refractivity contribution in [3.63, 3.8) is 0 Å². The fourth-order valence-electron chi connectivity index (χ4n) is 5.58. The standard InChI is InChI=1S/C22H27ClN2O5S/c1-4-30-20(29)16-15-19(28)25(12(2)11-26)17(22(15)10-9-21(16,3)31-22)18(27)24-14-8-6-5-7-13(14)23/h5-8,12,15-17,26H,4,9-11H2,1-3H3,(H,24,27)/t12-,15+,16-,17?,21+,22?/m1/s1. The second kappa shape index (κ2) is 7.98. The molecule has 2 amide bonds. The smallest absolute Gasteiger partial charge is 0.311 e. The average Bonchev–Trinajstić information content (AvgIpc) is 3.30. The summed E-state index contributed by atoms with van der Waals surface area (Å²) in [5.41, 5.74) is 0.462. The Morgan fingerprint density at radius 1 is 1.39 bits per heavy atom. The molecule has 0 aromatic heterocycles. The fourth-order valence-corrected chi connectivity index (χ4v) is 8.09. The van der Waals surface area contributed by atoms with Crippen molar-refractivity contribution in [1.82, 2.24) is 4.90 Å². The van der Waals surface area contributed by atoms with Gasteiger partial charge in [0.05, 0.1) is 46.5 Å². The van der Waals surface area contributed by atoms with Crippen molar-refractivity contribution in [3.8, 4) is 0 Å². The molecule has 3 aliphatic rings. The number of carbonyl (C=O) groups excluding carboxylic acids is 3. The SMILES string of the molecule is CCOC(=O)[C@H]1[C@H]2C(=O)N([C@H](C)CO)C(C(=O)Nc3ccccc3Cl)C23CC[C@]1(C)S3. The Bertz CT molecular complexity index is 929. The van der Waals surface area contributed by atoms with Gasteiger partial charge in [0, 0.05) is 4.75 Å². The number of benzene rings is 1. The van der Waals surface area contributed by atoms with Crippen molar-refractivity contribution in [2.75, 3.05) is 18.5 Å². The number of aliphatic hydroxyl groups is 1. The molecule has 6 atom stereocenters. The van der Waals surface area contributed by atoms with Crippen LogP contribution in [-0.2, 0) is 19.1 Å². The van der Waals surface area contributed by atoms with Gasteiger partial charge in [0.25, 0.3) is 0 Å². The number of rotatable bonds is 6. The van der Waals surface area contributed by atoms with Crippen LogP contribution in [0.3, 0.4) is 0 Å². The Kier molecular flexibility index (Phi) is 5.77. The number of halogens is 1. The van der Waals surface area contributed by atoms with E-state index >= 15 is 0 Å². The van der Waals surface area contributed by atoms with E-state index in [-0.39, 0.29) is 31.0 Å². The zero-order chi connectivity index (χ0) is 22.6. The normalized spacial score (nSPS) is 34.5. The van der Waals surface area contributed by atoms with Crippen LogP contribution in [0.2, 0.25) is 5.02 Å². The first kappa shape index (κ1) is 22.4. The number of amides is 2. The number of thioether (sulfide) groups is 1. The number of anilines is 1. The number of hydrogen-bond donors (Lipinski definition) is 2. The minimum absolute atomic E-state index is 0.233. The van der Waals surface area contributed by atoms with E-state index in [1.807, 2.05) is 6.92 Å². The zero-order valence-corrected chi connectivity index (χ0v) is 19.3. The minimum atomic E-state index is -0.824. The van der Waals surface area contributed by atoms with Gasteiger partial charge in [0.1, 0.15) is 6.04 Å². The first-order chi connectivity index (χ1) is 14.7. The molecule has 9 heteroatoms. The first-order valence-electron chi connectivity index (χ1n) is 10.6. The molecule has 0 saturated carbocycles. The van der Waals surface area contributed by atoms with Gasteiger partial charge in [-0.2, -0.15) is 0 Å². The summed E-state index contributed by atoms with van der Waals surface area (Å²) in [6.45, 7) is 5.40. The van der Waals surface area contributed by atoms with Crippen LogP contribution >= 0.6 is 23.4 Å². The van der Waals surface area contributed by atoms with Gasteiger partial charge in [-0.3, -0.25) is 14.4 Å². The second-order valence-corrected chi connectivity index (χ2v) is 11.0. The first-order valence-corrected chi connectivity index (χ1v) is 11.7. The highest BCUT2D eigenvalue weighted by molar-refractivity contribution is 8.02. The molecule has 1 spiro atoms. The molecule has 7 nitrogen and oxygen atoms in total. The van der Waals surface area contributed by atoms with Gasteiger partial charge in [0.15, 0.2) is 0 Å². The second-order valence-electron chi connectivity index (χ2n) is 8.73. The topological polar surface area (TPSA) is 95.9 Å². The number of ether oxygens (including phenoxy) is 1. The highest BCUT2D eigenvalue weighted by Gasteiger charge is 2.77. The Morgan fingerprint density at radius 3 is 2.74 bits per heavy atom. The van der Waals surface area contributed by atoms with Crippen LogP contribution in [0.25, 0.3) is 0 Å². The summed E-state index contributed by atoms with van der Waals surface area (Å²) in [6, 6.07) is 5.53. The summed E-state index contributed by atoms with van der Waals surface area (Å²) in [5, 5.41) is 13.1. The monoisotopic (exact) mass is 466 g/mol. The summed E-state index contributed by atoms with van der Waals surface area (Å²) >= 11 is 7.80. The molecule has 31 heavy (non-hydrogen) atoms. The lowest BCUT2D eigenvalue weighted by Gasteiger charge is -2.35. The summed E-state index contributed by atoms with van der Waals surface area (Å²) in [5.74, 6) is -2.29. The predicted molar refractivity (Wildman–Crippen MR) is 119 cm³/mol. The lowest BCUT2D eigenvalue weighted by molar-refractivity contribution is -0.155. The number of para-hydroxylation sites is 1.